The first-order chi connectivity index (χ1) is 7.92. The van der Waals surface area contributed by atoms with E-state index in [1.165, 1.54) is 0 Å². The number of hydrogen-bond acceptors (Lipinski definition) is 2. The molecule has 0 fully saturated rings. The van der Waals surface area contributed by atoms with Crippen LogP contribution in [0.2, 0.25) is 0 Å². The molecular weight excluding hydrogens is 348 g/mol. The highest BCUT2D eigenvalue weighted by atomic mass is 79.9. The van der Waals surface area contributed by atoms with Crippen molar-refractivity contribution < 1.29 is 4.79 Å². The first-order valence-electron chi connectivity index (χ1n) is 5.48. The van der Waals surface area contributed by atoms with Gasteiger partial charge in [0, 0.05) is 8.95 Å². The Morgan fingerprint density at radius 1 is 1.35 bits per heavy atom. The number of halogens is 2. The average Bonchev–Trinajstić information content (AvgIpc) is 2.31. The summed E-state index contributed by atoms with van der Waals surface area (Å²) in [5.41, 5.74) is 5.96. The summed E-state index contributed by atoms with van der Waals surface area (Å²) in [4.78, 5) is 12.1. The van der Waals surface area contributed by atoms with E-state index in [0.29, 0.717) is 12.8 Å². The lowest BCUT2D eigenvalue weighted by Gasteiger charge is -2.25. The van der Waals surface area contributed by atoms with Crippen molar-refractivity contribution in [2.45, 2.75) is 32.2 Å². The van der Waals surface area contributed by atoms with Gasteiger partial charge < -0.3 is 11.1 Å². The van der Waals surface area contributed by atoms with Gasteiger partial charge in [0.1, 0.15) is 0 Å². The fourth-order valence-corrected chi connectivity index (χ4v) is 2.55. The van der Waals surface area contributed by atoms with E-state index in [2.05, 4.69) is 37.2 Å². The number of carbonyl (C=O) groups is 1. The summed E-state index contributed by atoms with van der Waals surface area (Å²) in [7, 11) is 0. The molecule has 3 nitrogen and oxygen atoms in total. The predicted octanol–water partition coefficient (Wildman–Crippen LogP) is 3.67. The Balaban J connectivity index is 2.88. The van der Waals surface area contributed by atoms with E-state index in [0.717, 1.165) is 14.6 Å². The molecule has 0 aromatic heterocycles. The summed E-state index contributed by atoms with van der Waals surface area (Å²) < 4.78 is 1.78. The zero-order valence-corrected chi connectivity index (χ0v) is 13.1. The Labute approximate surface area is 118 Å². The summed E-state index contributed by atoms with van der Waals surface area (Å²) in [6.45, 7) is 3.83. The highest BCUT2D eigenvalue weighted by Crippen LogP contribution is 2.27. The normalized spacial score (nSPS) is 11.4. The Hall–Kier alpha value is -0.390. The Morgan fingerprint density at radius 2 is 1.94 bits per heavy atom. The quantitative estimate of drug-likeness (QED) is 0.857. The van der Waals surface area contributed by atoms with Crippen molar-refractivity contribution in [3.63, 3.8) is 0 Å². The van der Waals surface area contributed by atoms with Crippen LogP contribution < -0.4 is 11.1 Å². The third kappa shape index (κ3) is 3.53. The van der Waals surface area contributed by atoms with Gasteiger partial charge >= 0.3 is 0 Å². The molecular formula is C12H16Br2N2O. The van der Waals surface area contributed by atoms with Gasteiger partial charge in [0.2, 0.25) is 5.91 Å². The Kier molecular flexibility index (Phi) is 5.16. The summed E-state index contributed by atoms with van der Waals surface area (Å²) >= 11 is 6.76. The van der Waals surface area contributed by atoms with Crippen LogP contribution in [-0.4, -0.2) is 11.4 Å². The minimum Gasteiger partial charge on any atom is -0.323 e. The van der Waals surface area contributed by atoms with Crippen LogP contribution in [0.15, 0.2) is 27.1 Å². The molecule has 0 aliphatic carbocycles. The number of rotatable bonds is 4. The molecule has 0 aliphatic heterocycles. The SMILES string of the molecule is CCC(N)(CC)C(=O)Nc1ccc(Br)cc1Br. The van der Waals surface area contributed by atoms with E-state index in [4.69, 9.17) is 5.73 Å². The number of nitrogens with one attached hydrogen (secondary N) is 1. The molecule has 0 spiro atoms. The van der Waals surface area contributed by atoms with Crippen molar-refractivity contribution in [1.82, 2.24) is 0 Å². The van der Waals surface area contributed by atoms with Crippen LogP contribution in [0.4, 0.5) is 5.69 Å². The van der Waals surface area contributed by atoms with E-state index in [9.17, 15) is 4.79 Å². The van der Waals surface area contributed by atoms with Gasteiger partial charge in [-0.15, -0.1) is 0 Å². The van der Waals surface area contributed by atoms with Gasteiger partial charge in [-0.25, -0.2) is 0 Å². The molecule has 0 saturated carbocycles. The standard InChI is InChI=1S/C12H16Br2N2O/c1-3-12(15,4-2)11(17)16-10-6-5-8(13)7-9(10)14/h5-7H,3-4,15H2,1-2H3,(H,16,17). The van der Waals surface area contributed by atoms with Crippen LogP contribution >= 0.6 is 31.9 Å². The molecule has 5 heteroatoms. The molecule has 3 N–H and O–H groups in total. The van der Waals surface area contributed by atoms with E-state index < -0.39 is 5.54 Å². The molecule has 1 aromatic carbocycles. The molecule has 94 valence electrons. The number of amides is 1. The fraction of sp³-hybridized carbons (Fsp3) is 0.417. The number of carbonyl (C=O) groups excluding carboxylic acids is 1. The van der Waals surface area contributed by atoms with Crippen LogP contribution in [0.5, 0.6) is 0 Å². The molecule has 0 saturated heterocycles. The molecule has 1 amide bonds. The molecule has 17 heavy (non-hydrogen) atoms. The van der Waals surface area contributed by atoms with Crippen molar-refractivity contribution in [1.29, 1.82) is 0 Å². The molecule has 0 heterocycles. The van der Waals surface area contributed by atoms with E-state index in [-0.39, 0.29) is 5.91 Å². The maximum absolute atomic E-state index is 12.1. The summed E-state index contributed by atoms with van der Waals surface area (Å²) in [5.74, 6) is -0.148. The van der Waals surface area contributed by atoms with Crippen LogP contribution in [0.3, 0.4) is 0 Å². The van der Waals surface area contributed by atoms with Gasteiger partial charge in [-0.2, -0.15) is 0 Å². The van der Waals surface area contributed by atoms with E-state index in [1.54, 1.807) is 0 Å². The number of benzene rings is 1. The zero-order chi connectivity index (χ0) is 13.1. The molecule has 0 bridgehead atoms. The van der Waals surface area contributed by atoms with Crippen molar-refractivity contribution >= 4 is 43.5 Å². The Bertz CT molecular complexity index is 417. The van der Waals surface area contributed by atoms with E-state index >= 15 is 0 Å². The second-order valence-electron chi connectivity index (χ2n) is 3.94. The van der Waals surface area contributed by atoms with Crippen LogP contribution in [0.25, 0.3) is 0 Å². The predicted molar refractivity (Wildman–Crippen MR) is 78.0 cm³/mol. The van der Waals surface area contributed by atoms with Crippen LogP contribution in [-0.2, 0) is 4.79 Å². The third-order valence-corrected chi connectivity index (χ3v) is 4.04. The van der Waals surface area contributed by atoms with Crippen molar-refractivity contribution in [3.05, 3.63) is 27.1 Å². The van der Waals surface area contributed by atoms with E-state index in [1.807, 2.05) is 32.0 Å². The molecule has 1 aromatic rings. The van der Waals surface area contributed by atoms with Gasteiger partial charge in [0.05, 0.1) is 11.2 Å². The minimum atomic E-state index is -0.799. The van der Waals surface area contributed by atoms with Gasteiger partial charge in [-0.3, -0.25) is 4.79 Å². The van der Waals surface area contributed by atoms with Crippen LogP contribution in [0, 0.1) is 0 Å². The first kappa shape index (κ1) is 14.7. The summed E-state index contributed by atoms with van der Waals surface area (Å²) in [5, 5.41) is 2.85. The molecule has 1 rings (SSSR count). The number of anilines is 1. The number of nitrogens with two attached hydrogens (primary N) is 1. The lowest BCUT2D eigenvalue weighted by atomic mass is 9.93. The van der Waals surface area contributed by atoms with Gasteiger partial charge in [-0.05, 0) is 47.0 Å². The monoisotopic (exact) mass is 362 g/mol. The third-order valence-electron chi connectivity index (χ3n) is 2.89. The molecule has 0 unspecified atom stereocenters. The maximum atomic E-state index is 12.1. The Morgan fingerprint density at radius 3 is 2.41 bits per heavy atom. The second-order valence-corrected chi connectivity index (χ2v) is 5.71. The number of hydrogen-bond donors (Lipinski definition) is 2. The first-order valence-corrected chi connectivity index (χ1v) is 7.07. The molecule has 0 aliphatic rings. The largest absolute Gasteiger partial charge is 0.323 e. The molecule has 0 radical (unpaired) electrons. The average molecular weight is 364 g/mol. The minimum absolute atomic E-state index is 0.148. The van der Waals surface area contributed by atoms with Gasteiger partial charge in [0.25, 0.3) is 0 Å². The lowest BCUT2D eigenvalue weighted by molar-refractivity contribution is -0.121. The lowest BCUT2D eigenvalue weighted by Crippen LogP contribution is -2.50. The van der Waals surface area contributed by atoms with Crippen molar-refractivity contribution in [2.75, 3.05) is 5.32 Å². The fourth-order valence-electron chi connectivity index (χ4n) is 1.41. The second kappa shape index (κ2) is 5.98. The summed E-state index contributed by atoms with van der Waals surface area (Å²) in [6, 6.07) is 5.58. The van der Waals surface area contributed by atoms with Crippen molar-refractivity contribution in [2.24, 2.45) is 5.73 Å². The van der Waals surface area contributed by atoms with Gasteiger partial charge in [0.15, 0.2) is 0 Å². The van der Waals surface area contributed by atoms with Crippen molar-refractivity contribution in [3.8, 4) is 0 Å². The highest BCUT2D eigenvalue weighted by molar-refractivity contribution is 9.11. The maximum Gasteiger partial charge on any atom is 0.244 e. The summed E-state index contributed by atoms with van der Waals surface area (Å²) in [6.07, 6.45) is 1.23. The zero-order valence-electron chi connectivity index (χ0n) is 9.89. The smallest absolute Gasteiger partial charge is 0.244 e. The topological polar surface area (TPSA) is 55.1 Å². The van der Waals surface area contributed by atoms with Crippen LogP contribution in [0.1, 0.15) is 26.7 Å². The molecule has 0 atom stereocenters. The highest BCUT2D eigenvalue weighted by Gasteiger charge is 2.30. The van der Waals surface area contributed by atoms with Gasteiger partial charge in [-0.1, -0.05) is 29.8 Å².